The summed E-state index contributed by atoms with van der Waals surface area (Å²) in [6.07, 6.45) is 1.83. The molecule has 0 fully saturated rings. The standard InChI is InChI=1S/C11H21N3O/c1-9(2)7-14-10(5-6-13-14)11(3,4)8-15-12/h5-6,9H,7-8,12H2,1-4H3. The minimum Gasteiger partial charge on any atom is -0.304 e. The van der Waals surface area contributed by atoms with E-state index in [4.69, 9.17) is 10.7 Å². The average molecular weight is 211 g/mol. The number of hydrogen-bond donors (Lipinski definition) is 1. The Morgan fingerprint density at radius 3 is 2.73 bits per heavy atom. The third-order valence-corrected chi connectivity index (χ3v) is 2.39. The van der Waals surface area contributed by atoms with Gasteiger partial charge in [-0.15, -0.1) is 0 Å². The molecule has 1 aromatic heterocycles. The zero-order valence-electron chi connectivity index (χ0n) is 10.0. The quantitative estimate of drug-likeness (QED) is 0.754. The van der Waals surface area contributed by atoms with Crippen molar-refractivity contribution in [2.75, 3.05) is 6.61 Å². The molecular weight excluding hydrogens is 190 g/mol. The Balaban J connectivity index is 2.88. The lowest BCUT2D eigenvalue weighted by Crippen LogP contribution is -2.30. The minimum atomic E-state index is -0.0971. The third-order valence-electron chi connectivity index (χ3n) is 2.39. The van der Waals surface area contributed by atoms with Crippen LogP contribution in [0.4, 0.5) is 0 Å². The van der Waals surface area contributed by atoms with Gasteiger partial charge < -0.3 is 4.84 Å². The van der Waals surface area contributed by atoms with Crippen molar-refractivity contribution in [3.63, 3.8) is 0 Å². The summed E-state index contributed by atoms with van der Waals surface area (Å²) in [6, 6.07) is 2.03. The van der Waals surface area contributed by atoms with Crippen molar-refractivity contribution in [3.8, 4) is 0 Å². The molecule has 15 heavy (non-hydrogen) atoms. The SMILES string of the molecule is CC(C)Cn1nccc1C(C)(C)CON. The van der Waals surface area contributed by atoms with E-state index in [1.807, 2.05) is 16.9 Å². The van der Waals surface area contributed by atoms with Crippen LogP contribution in [-0.2, 0) is 16.8 Å². The van der Waals surface area contributed by atoms with Gasteiger partial charge >= 0.3 is 0 Å². The molecule has 1 aromatic rings. The Labute approximate surface area is 91.4 Å². The van der Waals surface area contributed by atoms with Crippen LogP contribution < -0.4 is 5.90 Å². The summed E-state index contributed by atoms with van der Waals surface area (Å²) >= 11 is 0. The predicted molar refractivity (Wildman–Crippen MR) is 60.2 cm³/mol. The van der Waals surface area contributed by atoms with E-state index >= 15 is 0 Å². The second kappa shape index (κ2) is 4.77. The highest BCUT2D eigenvalue weighted by Gasteiger charge is 2.25. The van der Waals surface area contributed by atoms with Crippen molar-refractivity contribution in [2.24, 2.45) is 11.8 Å². The van der Waals surface area contributed by atoms with Gasteiger partial charge in [0.15, 0.2) is 0 Å². The van der Waals surface area contributed by atoms with Gasteiger partial charge in [-0.05, 0) is 12.0 Å². The molecule has 86 valence electrons. The van der Waals surface area contributed by atoms with Crippen molar-refractivity contribution in [3.05, 3.63) is 18.0 Å². The molecule has 0 spiro atoms. The van der Waals surface area contributed by atoms with Gasteiger partial charge in [0.1, 0.15) is 0 Å². The first kappa shape index (κ1) is 12.2. The maximum absolute atomic E-state index is 5.14. The topological polar surface area (TPSA) is 53.1 Å². The normalized spacial score (nSPS) is 12.4. The molecule has 2 N–H and O–H groups in total. The van der Waals surface area contributed by atoms with Crippen LogP contribution in [0.15, 0.2) is 12.3 Å². The van der Waals surface area contributed by atoms with Crippen LogP contribution in [0.3, 0.4) is 0 Å². The Kier molecular flexibility index (Phi) is 3.88. The molecule has 4 nitrogen and oxygen atoms in total. The fourth-order valence-electron chi connectivity index (χ4n) is 1.68. The summed E-state index contributed by atoms with van der Waals surface area (Å²) in [6.45, 7) is 9.99. The van der Waals surface area contributed by atoms with E-state index in [0.29, 0.717) is 12.5 Å². The summed E-state index contributed by atoms with van der Waals surface area (Å²) in [5.41, 5.74) is 1.07. The van der Waals surface area contributed by atoms with Gasteiger partial charge in [0.25, 0.3) is 0 Å². The summed E-state index contributed by atoms with van der Waals surface area (Å²) in [4.78, 5) is 4.75. The van der Waals surface area contributed by atoms with Gasteiger partial charge in [-0.3, -0.25) is 4.68 Å². The second-order valence-electron chi connectivity index (χ2n) is 4.99. The van der Waals surface area contributed by atoms with Crippen LogP contribution >= 0.6 is 0 Å². The van der Waals surface area contributed by atoms with Gasteiger partial charge in [-0.2, -0.15) is 5.10 Å². The first-order valence-electron chi connectivity index (χ1n) is 5.31. The molecule has 1 heterocycles. The zero-order chi connectivity index (χ0) is 11.5. The molecule has 0 aromatic carbocycles. The Morgan fingerprint density at radius 2 is 2.20 bits per heavy atom. The highest BCUT2D eigenvalue weighted by molar-refractivity contribution is 5.13. The molecule has 0 unspecified atom stereocenters. The van der Waals surface area contributed by atoms with E-state index in [2.05, 4.69) is 32.8 Å². The number of hydrogen-bond acceptors (Lipinski definition) is 3. The van der Waals surface area contributed by atoms with E-state index in [0.717, 1.165) is 6.54 Å². The van der Waals surface area contributed by atoms with Crippen molar-refractivity contribution < 1.29 is 4.84 Å². The van der Waals surface area contributed by atoms with Crippen LogP contribution in [0, 0.1) is 5.92 Å². The lowest BCUT2D eigenvalue weighted by atomic mass is 9.90. The summed E-state index contributed by atoms with van der Waals surface area (Å²) in [5.74, 6) is 5.72. The van der Waals surface area contributed by atoms with E-state index in [1.54, 1.807) is 0 Å². The molecule has 0 amide bonds. The van der Waals surface area contributed by atoms with Crippen molar-refractivity contribution in [1.82, 2.24) is 9.78 Å². The lowest BCUT2D eigenvalue weighted by Gasteiger charge is -2.24. The van der Waals surface area contributed by atoms with Crippen LogP contribution in [0.2, 0.25) is 0 Å². The predicted octanol–water partition coefficient (Wildman–Crippen LogP) is 1.71. The Bertz CT molecular complexity index is 305. The molecule has 0 radical (unpaired) electrons. The maximum atomic E-state index is 5.14. The number of rotatable bonds is 5. The highest BCUT2D eigenvalue weighted by Crippen LogP contribution is 2.23. The van der Waals surface area contributed by atoms with Gasteiger partial charge in [-0.1, -0.05) is 27.7 Å². The number of nitrogens with two attached hydrogens (primary N) is 1. The molecule has 4 heteroatoms. The van der Waals surface area contributed by atoms with Crippen molar-refractivity contribution >= 4 is 0 Å². The van der Waals surface area contributed by atoms with E-state index in [-0.39, 0.29) is 5.41 Å². The van der Waals surface area contributed by atoms with E-state index < -0.39 is 0 Å². The van der Waals surface area contributed by atoms with Crippen LogP contribution in [-0.4, -0.2) is 16.4 Å². The molecule has 0 aliphatic heterocycles. The third kappa shape index (κ3) is 3.04. The molecule has 0 atom stereocenters. The average Bonchev–Trinajstić information content (AvgIpc) is 2.51. The molecule has 0 saturated carbocycles. The first-order chi connectivity index (χ1) is 6.97. The van der Waals surface area contributed by atoms with Crippen LogP contribution in [0.25, 0.3) is 0 Å². The monoisotopic (exact) mass is 211 g/mol. The summed E-state index contributed by atoms with van der Waals surface area (Å²) < 4.78 is 2.03. The Hall–Kier alpha value is -0.870. The largest absolute Gasteiger partial charge is 0.304 e. The number of nitrogens with zero attached hydrogens (tertiary/aromatic N) is 2. The second-order valence-corrected chi connectivity index (χ2v) is 4.99. The van der Waals surface area contributed by atoms with Gasteiger partial charge in [0, 0.05) is 23.9 Å². The molecular formula is C11H21N3O. The molecule has 0 aliphatic carbocycles. The van der Waals surface area contributed by atoms with Gasteiger partial charge in [-0.25, -0.2) is 5.90 Å². The van der Waals surface area contributed by atoms with E-state index in [1.165, 1.54) is 5.69 Å². The van der Waals surface area contributed by atoms with Crippen molar-refractivity contribution in [1.29, 1.82) is 0 Å². The minimum absolute atomic E-state index is 0.0971. The van der Waals surface area contributed by atoms with Crippen LogP contribution in [0.1, 0.15) is 33.4 Å². The number of aromatic nitrogens is 2. The molecule has 0 aliphatic rings. The maximum Gasteiger partial charge on any atom is 0.0785 e. The van der Waals surface area contributed by atoms with Crippen molar-refractivity contribution in [2.45, 2.75) is 39.7 Å². The Morgan fingerprint density at radius 1 is 1.53 bits per heavy atom. The van der Waals surface area contributed by atoms with Gasteiger partial charge in [0.2, 0.25) is 0 Å². The summed E-state index contributed by atoms with van der Waals surface area (Å²) in [7, 11) is 0. The fourth-order valence-corrected chi connectivity index (χ4v) is 1.68. The lowest BCUT2D eigenvalue weighted by molar-refractivity contribution is 0.0927. The molecule has 0 saturated heterocycles. The molecule has 0 bridgehead atoms. The van der Waals surface area contributed by atoms with Crippen LogP contribution in [0.5, 0.6) is 0 Å². The van der Waals surface area contributed by atoms with Gasteiger partial charge in [0.05, 0.1) is 6.61 Å². The smallest absolute Gasteiger partial charge is 0.0785 e. The highest BCUT2D eigenvalue weighted by atomic mass is 16.6. The fraction of sp³-hybridized carbons (Fsp3) is 0.727. The van der Waals surface area contributed by atoms with E-state index in [9.17, 15) is 0 Å². The summed E-state index contributed by atoms with van der Waals surface area (Å²) in [5, 5.41) is 4.33. The zero-order valence-corrected chi connectivity index (χ0v) is 10.0. The first-order valence-corrected chi connectivity index (χ1v) is 5.31. The molecule has 1 rings (SSSR count).